The minimum Gasteiger partial charge on any atom is -0.345 e. The summed E-state index contributed by atoms with van der Waals surface area (Å²) >= 11 is 0. The van der Waals surface area contributed by atoms with Crippen LogP contribution in [0, 0.1) is 11.3 Å². The van der Waals surface area contributed by atoms with Gasteiger partial charge in [-0.25, -0.2) is 0 Å². The molecule has 0 aliphatic heterocycles. The van der Waals surface area contributed by atoms with Gasteiger partial charge in [-0.3, -0.25) is 4.79 Å². The van der Waals surface area contributed by atoms with Gasteiger partial charge in [-0.2, -0.15) is 0 Å². The normalized spacial score (nSPS) is 15.7. The molecule has 0 heterocycles. The monoisotopic (exact) mass is 228 g/mol. The van der Waals surface area contributed by atoms with Crippen LogP contribution in [0.5, 0.6) is 0 Å². The summed E-state index contributed by atoms with van der Waals surface area (Å²) in [6.45, 7) is 9.71. The van der Waals surface area contributed by atoms with Crippen molar-refractivity contribution >= 4 is 12.2 Å². The molecule has 1 amide bonds. The molecule has 0 saturated carbocycles. The molecule has 3 N–H and O–H groups in total. The Hall–Kier alpha value is -0.900. The maximum atomic E-state index is 11.7. The SMILES string of the molecule is CC(C)C[C@@H](C=O)NC(=O)[C@@H](N)C(C)(C)C. The lowest BCUT2D eigenvalue weighted by molar-refractivity contribution is -0.127. The van der Waals surface area contributed by atoms with Gasteiger partial charge in [-0.05, 0) is 17.8 Å². The maximum Gasteiger partial charge on any atom is 0.238 e. The van der Waals surface area contributed by atoms with Crippen LogP contribution in [0.1, 0.15) is 41.0 Å². The van der Waals surface area contributed by atoms with Gasteiger partial charge in [0.05, 0.1) is 12.1 Å². The highest BCUT2D eigenvalue weighted by molar-refractivity contribution is 5.84. The van der Waals surface area contributed by atoms with Gasteiger partial charge in [0, 0.05) is 0 Å². The van der Waals surface area contributed by atoms with Crippen molar-refractivity contribution in [1.29, 1.82) is 0 Å². The van der Waals surface area contributed by atoms with Crippen molar-refractivity contribution < 1.29 is 9.59 Å². The molecular weight excluding hydrogens is 204 g/mol. The van der Waals surface area contributed by atoms with Crippen molar-refractivity contribution in [2.75, 3.05) is 0 Å². The Morgan fingerprint density at radius 3 is 2.19 bits per heavy atom. The van der Waals surface area contributed by atoms with Gasteiger partial charge in [0.1, 0.15) is 6.29 Å². The van der Waals surface area contributed by atoms with Crippen LogP contribution in [0.2, 0.25) is 0 Å². The molecule has 4 nitrogen and oxygen atoms in total. The Kier molecular flexibility index (Phi) is 5.65. The molecule has 0 saturated heterocycles. The molecule has 0 fully saturated rings. The summed E-state index contributed by atoms with van der Waals surface area (Å²) < 4.78 is 0. The van der Waals surface area contributed by atoms with Crippen LogP contribution in [-0.4, -0.2) is 24.3 Å². The second kappa shape index (κ2) is 5.99. The summed E-state index contributed by atoms with van der Waals surface area (Å²) in [5.74, 6) is 0.103. The summed E-state index contributed by atoms with van der Waals surface area (Å²) in [6.07, 6.45) is 1.42. The zero-order valence-corrected chi connectivity index (χ0v) is 10.9. The van der Waals surface area contributed by atoms with Crippen LogP contribution in [-0.2, 0) is 9.59 Å². The summed E-state index contributed by atoms with van der Waals surface area (Å²) in [5, 5.41) is 2.67. The predicted molar refractivity (Wildman–Crippen MR) is 64.9 cm³/mol. The van der Waals surface area contributed by atoms with Gasteiger partial charge < -0.3 is 15.8 Å². The quantitative estimate of drug-likeness (QED) is 0.692. The van der Waals surface area contributed by atoms with E-state index < -0.39 is 12.1 Å². The first-order valence-corrected chi connectivity index (χ1v) is 5.69. The van der Waals surface area contributed by atoms with Gasteiger partial charge in [-0.15, -0.1) is 0 Å². The number of carbonyl (C=O) groups is 2. The Morgan fingerprint density at radius 2 is 1.88 bits per heavy atom. The van der Waals surface area contributed by atoms with E-state index in [0.717, 1.165) is 6.29 Å². The van der Waals surface area contributed by atoms with Gasteiger partial charge >= 0.3 is 0 Å². The van der Waals surface area contributed by atoms with E-state index in [1.165, 1.54) is 0 Å². The topological polar surface area (TPSA) is 72.2 Å². The van der Waals surface area contributed by atoms with Crippen molar-refractivity contribution in [3.63, 3.8) is 0 Å². The summed E-state index contributed by atoms with van der Waals surface area (Å²) in [6, 6.07) is -1.02. The number of nitrogens with two attached hydrogens (primary N) is 1. The lowest BCUT2D eigenvalue weighted by Crippen LogP contribution is -2.51. The lowest BCUT2D eigenvalue weighted by atomic mass is 9.86. The average Bonchev–Trinajstić information content (AvgIpc) is 2.13. The van der Waals surface area contributed by atoms with Crippen LogP contribution >= 0.6 is 0 Å². The molecule has 0 bridgehead atoms. The number of amides is 1. The van der Waals surface area contributed by atoms with E-state index in [4.69, 9.17) is 5.73 Å². The number of carbonyl (C=O) groups excluding carboxylic acids is 2. The molecule has 4 heteroatoms. The third kappa shape index (κ3) is 5.26. The molecule has 0 aromatic carbocycles. The van der Waals surface area contributed by atoms with E-state index >= 15 is 0 Å². The van der Waals surface area contributed by atoms with Crippen molar-refractivity contribution in [1.82, 2.24) is 5.32 Å². The Bertz CT molecular complexity index is 244. The third-order valence-electron chi connectivity index (χ3n) is 2.43. The fraction of sp³-hybridized carbons (Fsp3) is 0.833. The van der Waals surface area contributed by atoms with E-state index in [-0.39, 0.29) is 11.3 Å². The first kappa shape index (κ1) is 15.1. The third-order valence-corrected chi connectivity index (χ3v) is 2.43. The Balaban J connectivity index is 4.36. The van der Waals surface area contributed by atoms with Crippen LogP contribution in [0.4, 0.5) is 0 Å². The van der Waals surface area contributed by atoms with E-state index in [0.29, 0.717) is 12.3 Å². The van der Waals surface area contributed by atoms with Crippen molar-refractivity contribution in [2.24, 2.45) is 17.1 Å². The van der Waals surface area contributed by atoms with Gasteiger partial charge in [0.15, 0.2) is 0 Å². The smallest absolute Gasteiger partial charge is 0.238 e. The Labute approximate surface area is 98.0 Å². The van der Waals surface area contributed by atoms with Gasteiger partial charge in [-0.1, -0.05) is 34.6 Å². The highest BCUT2D eigenvalue weighted by Crippen LogP contribution is 2.17. The number of hydrogen-bond acceptors (Lipinski definition) is 3. The van der Waals surface area contributed by atoms with Crippen molar-refractivity contribution in [3.8, 4) is 0 Å². The minimum atomic E-state index is -0.595. The zero-order chi connectivity index (χ0) is 12.9. The maximum absolute atomic E-state index is 11.7. The van der Waals surface area contributed by atoms with E-state index in [1.807, 2.05) is 34.6 Å². The van der Waals surface area contributed by atoms with Crippen LogP contribution in [0.3, 0.4) is 0 Å². The molecule has 0 aromatic heterocycles. The number of nitrogens with one attached hydrogen (secondary N) is 1. The second-order valence-electron chi connectivity index (χ2n) is 5.72. The fourth-order valence-corrected chi connectivity index (χ4v) is 1.32. The highest BCUT2D eigenvalue weighted by atomic mass is 16.2. The molecule has 0 aliphatic carbocycles. The summed E-state index contributed by atoms with van der Waals surface area (Å²) in [5.41, 5.74) is 5.50. The molecule has 0 rings (SSSR count). The molecule has 2 atom stereocenters. The molecule has 0 spiro atoms. The number of aldehydes is 1. The molecule has 94 valence electrons. The first-order chi connectivity index (χ1) is 7.18. The molecular formula is C12H24N2O2. The first-order valence-electron chi connectivity index (χ1n) is 5.69. The van der Waals surface area contributed by atoms with E-state index in [2.05, 4.69) is 5.32 Å². The second-order valence-corrected chi connectivity index (χ2v) is 5.72. The average molecular weight is 228 g/mol. The zero-order valence-electron chi connectivity index (χ0n) is 10.9. The fourth-order valence-electron chi connectivity index (χ4n) is 1.32. The van der Waals surface area contributed by atoms with E-state index in [1.54, 1.807) is 0 Å². The predicted octanol–water partition coefficient (Wildman–Crippen LogP) is 1.09. The highest BCUT2D eigenvalue weighted by Gasteiger charge is 2.28. The van der Waals surface area contributed by atoms with Crippen molar-refractivity contribution in [2.45, 2.75) is 53.1 Å². The van der Waals surface area contributed by atoms with Crippen LogP contribution < -0.4 is 11.1 Å². The van der Waals surface area contributed by atoms with Gasteiger partial charge in [0.2, 0.25) is 5.91 Å². The standard InChI is InChI=1S/C12H24N2O2/c1-8(2)6-9(7-15)14-11(16)10(13)12(3,4)5/h7-10H,6,13H2,1-5H3,(H,14,16)/t9-,10+/m0/s1. The molecule has 0 aliphatic rings. The minimum absolute atomic E-state index is 0.259. The molecule has 0 aromatic rings. The summed E-state index contributed by atoms with van der Waals surface area (Å²) in [4.78, 5) is 22.5. The largest absolute Gasteiger partial charge is 0.345 e. The number of hydrogen-bond donors (Lipinski definition) is 2. The van der Waals surface area contributed by atoms with Crippen LogP contribution in [0.25, 0.3) is 0 Å². The van der Waals surface area contributed by atoms with Crippen molar-refractivity contribution in [3.05, 3.63) is 0 Å². The van der Waals surface area contributed by atoms with E-state index in [9.17, 15) is 9.59 Å². The van der Waals surface area contributed by atoms with Crippen LogP contribution in [0.15, 0.2) is 0 Å². The molecule has 0 unspecified atom stereocenters. The number of rotatable bonds is 5. The molecule has 16 heavy (non-hydrogen) atoms. The van der Waals surface area contributed by atoms with Gasteiger partial charge in [0.25, 0.3) is 0 Å². The molecule has 0 radical (unpaired) electrons. The summed E-state index contributed by atoms with van der Waals surface area (Å²) in [7, 11) is 0. The Morgan fingerprint density at radius 1 is 1.38 bits per heavy atom. The lowest BCUT2D eigenvalue weighted by Gasteiger charge is -2.27.